The highest BCUT2D eigenvalue weighted by atomic mass is 35.5. The third kappa shape index (κ3) is 8.98. The summed E-state index contributed by atoms with van der Waals surface area (Å²) in [4.78, 5) is 13.0. The molecular weight excluding hydrogens is 308 g/mol. The van der Waals surface area contributed by atoms with Crippen molar-refractivity contribution >= 4 is 30.1 Å². The Morgan fingerprint density at radius 2 is 1.90 bits per heavy atom. The number of carbonyl (C=O) groups excluding carboxylic acids is 1. The summed E-state index contributed by atoms with van der Waals surface area (Å²) in [7, 11) is 1.67. The van der Waals surface area contributed by atoms with Crippen LogP contribution in [0.3, 0.4) is 0 Å². The van der Waals surface area contributed by atoms with Crippen LogP contribution in [0.5, 0.6) is 0 Å². The number of nitrogens with one attached hydrogen (secondary N) is 2. The van der Waals surface area contributed by atoms with Gasteiger partial charge in [-0.2, -0.15) is 0 Å². The van der Waals surface area contributed by atoms with Gasteiger partial charge in [0.2, 0.25) is 5.91 Å². The predicted octanol–water partition coefficient (Wildman–Crippen LogP) is 2.25. The predicted molar refractivity (Wildman–Crippen MR) is 91.5 cm³/mol. The maximum atomic E-state index is 11.9. The van der Waals surface area contributed by atoms with Crippen molar-refractivity contribution < 1.29 is 9.53 Å². The summed E-state index contributed by atoms with van der Waals surface area (Å²) < 4.78 is 4.93. The molecule has 0 saturated carbocycles. The van der Waals surface area contributed by atoms with Crippen LogP contribution in [-0.4, -0.2) is 44.5 Å². The first kappa shape index (κ1) is 20.2. The third-order valence-electron chi connectivity index (χ3n) is 2.79. The minimum absolute atomic E-state index is 0. The van der Waals surface area contributed by atoms with Crippen molar-refractivity contribution in [2.45, 2.75) is 24.0 Å². The van der Waals surface area contributed by atoms with E-state index in [0.717, 1.165) is 18.0 Å². The van der Waals surface area contributed by atoms with Gasteiger partial charge in [-0.15, -0.1) is 24.2 Å². The molecule has 1 rings (SSSR count). The molecule has 0 spiro atoms. The molecule has 1 aromatic carbocycles. The van der Waals surface area contributed by atoms with Gasteiger partial charge in [0.05, 0.1) is 11.9 Å². The van der Waals surface area contributed by atoms with Gasteiger partial charge in [-0.1, -0.05) is 17.7 Å². The molecule has 0 radical (unpaired) electrons. The zero-order chi connectivity index (χ0) is 14.8. The summed E-state index contributed by atoms with van der Waals surface area (Å²) in [5.41, 5.74) is 1.23. The monoisotopic (exact) mass is 332 g/mol. The highest BCUT2D eigenvalue weighted by Crippen LogP contribution is 2.23. The van der Waals surface area contributed by atoms with E-state index in [1.54, 1.807) is 18.9 Å². The molecule has 0 aliphatic rings. The van der Waals surface area contributed by atoms with Crippen LogP contribution >= 0.6 is 24.2 Å². The molecule has 0 aliphatic carbocycles. The van der Waals surface area contributed by atoms with Crippen LogP contribution in [0.4, 0.5) is 0 Å². The van der Waals surface area contributed by atoms with Gasteiger partial charge in [0.1, 0.15) is 0 Å². The van der Waals surface area contributed by atoms with Crippen LogP contribution in [0.2, 0.25) is 0 Å². The van der Waals surface area contributed by atoms with Crippen molar-refractivity contribution in [3.05, 3.63) is 29.8 Å². The highest BCUT2D eigenvalue weighted by Gasteiger charge is 2.13. The van der Waals surface area contributed by atoms with Crippen LogP contribution in [0, 0.1) is 6.92 Å². The van der Waals surface area contributed by atoms with Gasteiger partial charge < -0.3 is 15.4 Å². The summed E-state index contributed by atoms with van der Waals surface area (Å²) >= 11 is 1.58. The van der Waals surface area contributed by atoms with E-state index in [9.17, 15) is 4.79 Å². The number of rotatable bonds is 9. The first-order valence-corrected chi connectivity index (χ1v) is 7.72. The lowest BCUT2D eigenvalue weighted by Crippen LogP contribution is -2.36. The lowest BCUT2D eigenvalue weighted by atomic mass is 10.2. The normalized spacial score (nSPS) is 11.6. The van der Waals surface area contributed by atoms with Crippen molar-refractivity contribution in [2.24, 2.45) is 0 Å². The lowest BCUT2D eigenvalue weighted by molar-refractivity contribution is -0.120. The van der Waals surface area contributed by atoms with Crippen LogP contribution < -0.4 is 10.6 Å². The van der Waals surface area contributed by atoms with Gasteiger partial charge in [-0.05, 0) is 26.0 Å². The Morgan fingerprint density at radius 3 is 2.52 bits per heavy atom. The highest BCUT2D eigenvalue weighted by molar-refractivity contribution is 8.00. The molecule has 0 saturated heterocycles. The summed E-state index contributed by atoms with van der Waals surface area (Å²) in [6, 6.07) is 8.23. The number of methoxy groups -OCH3 is 1. The molecule has 4 nitrogen and oxygen atoms in total. The second-order valence-electron chi connectivity index (χ2n) is 4.61. The maximum absolute atomic E-state index is 11.9. The molecule has 0 fully saturated rings. The van der Waals surface area contributed by atoms with Crippen LogP contribution in [0.1, 0.15) is 12.5 Å². The standard InChI is InChI=1S/C15H24N2O2S.ClH/c1-12-4-6-14(7-5-12)20-13(2)15(18)17-9-8-16-10-11-19-3;/h4-7,13,16H,8-11H2,1-3H3,(H,17,18);1H. The fourth-order valence-corrected chi connectivity index (χ4v) is 2.48. The molecule has 1 aromatic rings. The van der Waals surface area contributed by atoms with Crippen molar-refractivity contribution in [1.29, 1.82) is 0 Å². The fraction of sp³-hybridized carbons (Fsp3) is 0.533. The van der Waals surface area contributed by atoms with Crippen LogP contribution in [0.25, 0.3) is 0 Å². The number of amides is 1. The van der Waals surface area contributed by atoms with Gasteiger partial charge in [-0.25, -0.2) is 0 Å². The van der Waals surface area contributed by atoms with E-state index in [4.69, 9.17) is 4.74 Å². The topological polar surface area (TPSA) is 50.4 Å². The molecule has 21 heavy (non-hydrogen) atoms. The van der Waals surface area contributed by atoms with Crippen LogP contribution in [-0.2, 0) is 9.53 Å². The third-order valence-corrected chi connectivity index (χ3v) is 3.90. The summed E-state index contributed by atoms with van der Waals surface area (Å²) in [5.74, 6) is 0.0733. The average molecular weight is 333 g/mol. The number of benzene rings is 1. The number of carbonyl (C=O) groups is 1. The Bertz CT molecular complexity index is 401. The van der Waals surface area contributed by atoms with Crippen molar-refractivity contribution in [3.8, 4) is 0 Å². The van der Waals surface area contributed by atoms with Crippen LogP contribution in [0.15, 0.2) is 29.2 Å². The van der Waals surface area contributed by atoms with E-state index in [1.807, 2.05) is 6.92 Å². The van der Waals surface area contributed by atoms with E-state index in [0.29, 0.717) is 13.2 Å². The van der Waals surface area contributed by atoms with E-state index in [1.165, 1.54) is 5.56 Å². The molecule has 1 amide bonds. The minimum Gasteiger partial charge on any atom is -0.383 e. The molecule has 0 aliphatic heterocycles. The zero-order valence-electron chi connectivity index (χ0n) is 12.8. The number of hydrogen-bond acceptors (Lipinski definition) is 4. The minimum atomic E-state index is -0.0864. The summed E-state index contributed by atoms with van der Waals surface area (Å²) in [5, 5.41) is 6.03. The quantitative estimate of drug-likeness (QED) is 0.538. The first-order chi connectivity index (χ1) is 9.63. The lowest BCUT2D eigenvalue weighted by Gasteiger charge is -2.12. The number of aryl methyl sites for hydroxylation is 1. The molecule has 0 bridgehead atoms. The smallest absolute Gasteiger partial charge is 0.233 e. The second kappa shape index (κ2) is 11.9. The second-order valence-corrected chi connectivity index (χ2v) is 6.02. The largest absolute Gasteiger partial charge is 0.383 e. The maximum Gasteiger partial charge on any atom is 0.233 e. The molecule has 2 N–H and O–H groups in total. The molecule has 1 unspecified atom stereocenters. The number of hydrogen-bond donors (Lipinski definition) is 2. The van der Waals surface area contributed by atoms with Crippen molar-refractivity contribution in [1.82, 2.24) is 10.6 Å². The molecule has 1 atom stereocenters. The van der Waals surface area contributed by atoms with Crippen molar-refractivity contribution in [2.75, 3.05) is 33.4 Å². The van der Waals surface area contributed by atoms with E-state index in [2.05, 4.69) is 41.8 Å². The van der Waals surface area contributed by atoms with Gasteiger partial charge >= 0.3 is 0 Å². The zero-order valence-corrected chi connectivity index (χ0v) is 14.5. The van der Waals surface area contributed by atoms with Gasteiger partial charge in [0, 0.05) is 31.6 Å². The molecule has 0 heterocycles. The number of halogens is 1. The summed E-state index contributed by atoms with van der Waals surface area (Å²) in [6.07, 6.45) is 0. The SMILES string of the molecule is COCCNCCNC(=O)C(C)Sc1ccc(C)cc1.Cl. The molecule has 0 aromatic heterocycles. The van der Waals surface area contributed by atoms with Gasteiger partial charge in [0.15, 0.2) is 0 Å². The Kier molecular flexibility index (Phi) is 11.4. The van der Waals surface area contributed by atoms with Gasteiger partial charge in [0.25, 0.3) is 0 Å². The Hall–Kier alpha value is -0.750. The van der Waals surface area contributed by atoms with E-state index >= 15 is 0 Å². The van der Waals surface area contributed by atoms with E-state index < -0.39 is 0 Å². The Labute approximate surface area is 137 Å². The summed E-state index contributed by atoms with van der Waals surface area (Å²) in [6.45, 7) is 6.88. The molecular formula is C15H25ClN2O2S. The Morgan fingerprint density at radius 1 is 1.24 bits per heavy atom. The first-order valence-electron chi connectivity index (χ1n) is 6.84. The fourth-order valence-electron chi connectivity index (χ4n) is 1.59. The van der Waals surface area contributed by atoms with E-state index in [-0.39, 0.29) is 23.6 Å². The molecule has 120 valence electrons. The van der Waals surface area contributed by atoms with Gasteiger partial charge in [-0.3, -0.25) is 4.79 Å². The number of thioether (sulfide) groups is 1. The molecule has 6 heteroatoms. The Balaban J connectivity index is 0.00000400. The van der Waals surface area contributed by atoms with Crippen molar-refractivity contribution in [3.63, 3.8) is 0 Å². The number of ether oxygens (including phenoxy) is 1. The average Bonchev–Trinajstić information content (AvgIpc) is 2.45.